The molecule has 0 fully saturated rings. The number of benzene rings is 2. The summed E-state index contributed by atoms with van der Waals surface area (Å²) in [6.45, 7) is 1.96. The van der Waals surface area contributed by atoms with Gasteiger partial charge in [0.15, 0.2) is 0 Å². The quantitative estimate of drug-likeness (QED) is 0.578. The van der Waals surface area contributed by atoms with Crippen molar-refractivity contribution in [2.24, 2.45) is 0 Å². The zero-order valence-electron chi connectivity index (χ0n) is 15.5. The van der Waals surface area contributed by atoms with Crippen LogP contribution in [0.4, 0.5) is 5.69 Å². The molecule has 0 saturated carbocycles. The SMILES string of the molecule is Cc1cc(Br)ccc1NC(=O)C1c2ccccc2C(=O)N(C)C1c1cccs1. The maximum Gasteiger partial charge on any atom is 0.254 e. The van der Waals surface area contributed by atoms with E-state index in [0.29, 0.717) is 5.56 Å². The largest absolute Gasteiger partial charge is 0.333 e. The lowest BCUT2D eigenvalue weighted by molar-refractivity contribution is -0.119. The van der Waals surface area contributed by atoms with E-state index < -0.39 is 5.92 Å². The minimum Gasteiger partial charge on any atom is -0.333 e. The Morgan fingerprint density at radius 3 is 2.64 bits per heavy atom. The zero-order valence-corrected chi connectivity index (χ0v) is 17.9. The van der Waals surface area contributed by atoms with Crippen molar-refractivity contribution in [1.29, 1.82) is 0 Å². The number of anilines is 1. The third kappa shape index (κ3) is 3.27. The van der Waals surface area contributed by atoms with Crippen LogP contribution in [-0.4, -0.2) is 23.8 Å². The predicted octanol–water partition coefficient (Wildman–Crippen LogP) is 5.37. The van der Waals surface area contributed by atoms with Gasteiger partial charge in [0, 0.05) is 27.6 Å². The summed E-state index contributed by atoms with van der Waals surface area (Å²) in [4.78, 5) is 29.1. The number of halogens is 1. The zero-order chi connectivity index (χ0) is 19.8. The molecule has 1 aliphatic heterocycles. The van der Waals surface area contributed by atoms with E-state index in [1.54, 1.807) is 29.4 Å². The molecule has 0 spiro atoms. The number of hydrogen-bond acceptors (Lipinski definition) is 3. The fraction of sp³-hybridized carbons (Fsp3) is 0.182. The van der Waals surface area contributed by atoms with Gasteiger partial charge in [0.1, 0.15) is 0 Å². The Bertz CT molecular complexity index is 1050. The van der Waals surface area contributed by atoms with Crippen LogP contribution in [0, 0.1) is 6.92 Å². The number of carbonyl (C=O) groups is 2. The molecule has 1 aromatic heterocycles. The van der Waals surface area contributed by atoms with Gasteiger partial charge in [0.2, 0.25) is 5.91 Å². The van der Waals surface area contributed by atoms with Crippen molar-refractivity contribution in [3.63, 3.8) is 0 Å². The van der Waals surface area contributed by atoms with Crippen LogP contribution < -0.4 is 5.32 Å². The molecule has 0 radical (unpaired) electrons. The molecule has 2 heterocycles. The summed E-state index contributed by atoms with van der Waals surface area (Å²) in [6.07, 6.45) is 0. The molecule has 2 unspecified atom stereocenters. The summed E-state index contributed by atoms with van der Waals surface area (Å²) in [5, 5.41) is 5.06. The van der Waals surface area contributed by atoms with Crippen molar-refractivity contribution < 1.29 is 9.59 Å². The average molecular weight is 455 g/mol. The average Bonchev–Trinajstić information content (AvgIpc) is 3.21. The minimum atomic E-state index is -0.486. The third-order valence-electron chi connectivity index (χ3n) is 5.14. The highest BCUT2D eigenvalue weighted by atomic mass is 79.9. The molecule has 2 aromatic carbocycles. The topological polar surface area (TPSA) is 49.4 Å². The summed E-state index contributed by atoms with van der Waals surface area (Å²) >= 11 is 5.02. The van der Waals surface area contributed by atoms with Crippen LogP contribution in [0.25, 0.3) is 0 Å². The number of nitrogens with one attached hydrogen (secondary N) is 1. The molecular weight excluding hydrogens is 436 g/mol. The Morgan fingerprint density at radius 2 is 1.93 bits per heavy atom. The molecule has 3 aromatic rings. The Morgan fingerprint density at radius 1 is 1.14 bits per heavy atom. The number of fused-ring (bicyclic) bond motifs is 1. The summed E-state index contributed by atoms with van der Waals surface area (Å²) in [5.74, 6) is -0.658. The Hall–Kier alpha value is -2.44. The molecule has 0 bridgehead atoms. The second kappa shape index (κ2) is 7.53. The van der Waals surface area contributed by atoms with E-state index in [9.17, 15) is 9.59 Å². The maximum atomic E-state index is 13.5. The predicted molar refractivity (Wildman–Crippen MR) is 116 cm³/mol. The van der Waals surface area contributed by atoms with Gasteiger partial charge in [-0.1, -0.05) is 40.2 Å². The van der Waals surface area contributed by atoms with Gasteiger partial charge in [0.25, 0.3) is 5.91 Å². The van der Waals surface area contributed by atoms with Crippen LogP contribution in [0.1, 0.15) is 38.3 Å². The van der Waals surface area contributed by atoms with Gasteiger partial charge < -0.3 is 10.2 Å². The highest BCUT2D eigenvalue weighted by Crippen LogP contribution is 2.43. The van der Waals surface area contributed by atoms with Crippen LogP contribution >= 0.6 is 27.3 Å². The van der Waals surface area contributed by atoms with E-state index in [2.05, 4.69) is 21.2 Å². The third-order valence-corrected chi connectivity index (χ3v) is 6.58. The molecular formula is C22H19BrN2O2S. The van der Waals surface area contributed by atoms with Gasteiger partial charge in [-0.05, 0) is 53.8 Å². The van der Waals surface area contributed by atoms with E-state index in [1.165, 1.54) is 0 Å². The Labute approximate surface area is 176 Å². The van der Waals surface area contributed by atoms with E-state index >= 15 is 0 Å². The van der Waals surface area contributed by atoms with Crippen molar-refractivity contribution >= 4 is 44.8 Å². The summed E-state index contributed by atoms with van der Waals surface area (Å²) < 4.78 is 0.966. The maximum absolute atomic E-state index is 13.5. The Kier molecular flexibility index (Phi) is 5.08. The smallest absolute Gasteiger partial charge is 0.254 e. The van der Waals surface area contributed by atoms with Crippen LogP contribution in [0.2, 0.25) is 0 Å². The normalized spacial score (nSPS) is 18.7. The highest BCUT2D eigenvalue weighted by Gasteiger charge is 2.43. The van der Waals surface area contributed by atoms with Gasteiger partial charge in [-0.2, -0.15) is 0 Å². The lowest BCUT2D eigenvalue weighted by Gasteiger charge is -2.39. The number of nitrogens with zero attached hydrogens (tertiary/aromatic N) is 1. The molecule has 4 rings (SSSR count). The summed E-state index contributed by atoms with van der Waals surface area (Å²) in [7, 11) is 1.77. The second-order valence-corrected chi connectivity index (χ2v) is 8.78. The van der Waals surface area contributed by atoms with Gasteiger partial charge in [-0.25, -0.2) is 0 Å². The molecule has 2 atom stereocenters. The van der Waals surface area contributed by atoms with Crippen LogP contribution in [0.15, 0.2) is 64.5 Å². The number of amides is 2. The van der Waals surface area contributed by atoms with E-state index in [0.717, 1.165) is 26.2 Å². The Balaban J connectivity index is 1.79. The lowest BCUT2D eigenvalue weighted by atomic mass is 9.81. The van der Waals surface area contributed by atoms with Crippen molar-refractivity contribution in [3.05, 3.63) is 86.0 Å². The van der Waals surface area contributed by atoms with E-state index in [-0.39, 0.29) is 17.9 Å². The molecule has 4 nitrogen and oxygen atoms in total. The van der Waals surface area contributed by atoms with Gasteiger partial charge >= 0.3 is 0 Å². The lowest BCUT2D eigenvalue weighted by Crippen LogP contribution is -2.43. The number of thiophene rings is 1. The first-order valence-electron chi connectivity index (χ1n) is 8.94. The van der Waals surface area contributed by atoms with E-state index in [1.807, 2.05) is 60.8 Å². The minimum absolute atomic E-state index is 0.0575. The number of hydrogen-bond donors (Lipinski definition) is 1. The van der Waals surface area contributed by atoms with E-state index in [4.69, 9.17) is 0 Å². The van der Waals surface area contributed by atoms with Gasteiger partial charge in [-0.3, -0.25) is 9.59 Å². The first-order chi connectivity index (χ1) is 13.5. The molecule has 1 aliphatic rings. The molecule has 1 N–H and O–H groups in total. The fourth-order valence-electron chi connectivity index (χ4n) is 3.75. The van der Waals surface area contributed by atoms with Crippen molar-refractivity contribution in [2.45, 2.75) is 18.9 Å². The number of aryl methyl sites for hydroxylation is 1. The number of rotatable bonds is 3. The molecule has 6 heteroatoms. The standard InChI is InChI=1S/C22H19BrN2O2S/c1-13-12-14(23)9-10-17(13)24-21(26)19-15-6-3-4-7-16(15)22(27)25(2)20(19)18-8-5-11-28-18/h3-12,19-20H,1-2H3,(H,24,26). The monoisotopic (exact) mass is 454 g/mol. The number of carbonyl (C=O) groups excluding carboxylic acids is 2. The van der Waals surface area contributed by atoms with Crippen molar-refractivity contribution in [1.82, 2.24) is 4.90 Å². The summed E-state index contributed by atoms with van der Waals surface area (Å²) in [6, 6.07) is 16.8. The fourth-order valence-corrected chi connectivity index (χ4v) is 5.13. The second-order valence-electron chi connectivity index (χ2n) is 6.89. The molecule has 142 valence electrons. The summed E-state index contributed by atoms with van der Waals surface area (Å²) in [5.41, 5.74) is 3.11. The molecule has 0 saturated heterocycles. The van der Waals surface area contributed by atoms with Crippen LogP contribution in [0.5, 0.6) is 0 Å². The van der Waals surface area contributed by atoms with Crippen LogP contribution in [-0.2, 0) is 4.79 Å². The van der Waals surface area contributed by atoms with Crippen LogP contribution in [0.3, 0.4) is 0 Å². The highest BCUT2D eigenvalue weighted by molar-refractivity contribution is 9.10. The number of likely N-dealkylation sites (N-methyl/N-ethyl adjacent to an activating group) is 1. The molecule has 0 aliphatic carbocycles. The van der Waals surface area contributed by atoms with Gasteiger partial charge in [0.05, 0.1) is 12.0 Å². The first-order valence-corrected chi connectivity index (χ1v) is 10.6. The van der Waals surface area contributed by atoms with Crippen molar-refractivity contribution in [3.8, 4) is 0 Å². The van der Waals surface area contributed by atoms with Crippen molar-refractivity contribution in [2.75, 3.05) is 12.4 Å². The first kappa shape index (κ1) is 18.9. The molecule has 2 amide bonds. The van der Waals surface area contributed by atoms with Gasteiger partial charge in [-0.15, -0.1) is 11.3 Å². The molecule has 28 heavy (non-hydrogen) atoms.